The predicted molar refractivity (Wildman–Crippen MR) is 119 cm³/mol. The SMILES string of the molecule is Cn1cc2ccc(N3CCO[C@H]([C@@H](O)C(=O)Nc4ccc(C(=N)N)cc4)C3=O)cc2c1O. The van der Waals surface area contributed by atoms with E-state index < -0.39 is 24.0 Å². The van der Waals surface area contributed by atoms with Crippen LogP contribution in [0.15, 0.2) is 48.7 Å². The summed E-state index contributed by atoms with van der Waals surface area (Å²) in [5.74, 6) is -1.38. The number of benzene rings is 2. The number of amides is 2. The first-order chi connectivity index (χ1) is 15.3. The zero-order valence-corrected chi connectivity index (χ0v) is 17.3. The van der Waals surface area contributed by atoms with Gasteiger partial charge in [0.05, 0.1) is 6.61 Å². The summed E-state index contributed by atoms with van der Waals surface area (Å²) in [5.41, 5.74) is 6.81. The summed E-state index contributed by atoms with van der Waals surface area (Å²) in [5, 5.41) is 32.1. The van der Waals surface area contributed by atoms with Gasteiger partial charge in [-0.25, -0.2) is 0 Å². The van der Waals surface area contributed by atoms with E-state index in [2.05, 4.69) is 5.32 Å². The van der Waals surface area contributed by atoms with Crippen molar-refractivity contribution in [2.24, 2.45) is 12.8 Å². The molecule has 3 aromatic rings. The first-order valence-electron chi connectivity index (χ1n) is 9.90. The van der Waals surface area contributed by atoms with E-state index in [1.165, 1.54) is 4.90 Å². The van der Waals surface area contributed by atoms with Crippen LogP contribution in [0.2, 0.25) is 0 Å². The van der Waals surface area contributed by atoms with Crippen LogP contribution < -0.4 is 16.0 Å². The number of aliphatic hydroxyl groups excluding tert-OH is 1. The molecule has 10 heteroatoms. The number of nitrogens with one attached hydrogen (secondary N) is 2. The van der Waals surface area contributed by atoms with Gasteiger partial charge in [-0.05, 0) is 36.4 Å². The molecule has 0 radical (unpaired) electrons. The highest BCUT2D eigenvalue weighted by Gasteiger charge is 2.39. The number of nitrogens with zero attached hydrogens (tertiary/aromatic N) is 2. The maximum atomic E-state index is 13.0. The minimum absolute atomic E-state index is 0.0781. The molecule has 2 heterocycles. The molecule has 1 fully saturated rings. The number of carbonyl (C=O) groups excluding carboxylic acids is 2. The Bertz CT molecular complexity index is 1200. The Morgan fingerprint density at radius 1 is 1.28 bits per heavy atom. The third-order valence-corrected chi connectivity index (χ3v) is 5.40. The highest BCUT2D eigenvalue weighted by molar-refractivity contribution is 6.05. The Hall–Kier alpha value is -3.89. The normalized spacial score (nSPS) is 17.4. The monoisotopic (exact) mass is 437 g/mol. The largest absolute Gasteiger partial charge is 0.494 e. The number of rotatable bonds is 5. The number of amidine groups is 1. The average molecular weight is 437 g/mol. The highest BCUT2D eigenvalue weighted by Crippen LogP contribution is 2.31. The molecule has 1 saturated heterocycles. The molecule has 4 rings (SSSR count). The topological polar surface area (TPSA) is 154 Å². The second-order valence-electron chi connectivity index (χ2n) is 7.54. The molecule has 166 valence electrons. The average Bonchev–Trinajstić information content (AvgIpc) is 3.07. The molecular weight excluding hydrogens is 414 g/mol. The molecule has 10 nitrogen and oxygen atoms in total. The number of aryl methyl sites for hydroxylation is 1. The van der Waals surface area contributed by atoms with Gasteiger partial charge in [0.15, 0.2) is 18.1 Å². The van der Waals surface area contributed by atoms with Crippen molar-refractivity contribution in [2.75, 3.05) is 23.4 Å². The van der Waals surface area contributed by atoms with Crippen LogP contribution in [-0.4, -0.2) is 57.8 Å². The van der Waals surface area contributed by atoms with E-state index in [9.17, 15) is 19.8 Å². The Morgan fingerprint density at radius 2 is 2.00 bits per heavy atom. The van der Waals surface area contributed by atoms with Crippen LogP contribution in [0.3, 0.4) is 0 Å². The van der Waals surface area contributed by atoms with Crippen molar-refractivity contribution < 1.29 is 24.5 Å². The summed E-state index contributed by atoms with van der Waals surface area (Å²) in [4.78, 5) is 27.0. The molecule has 2 atom stereocenters. The number of morpholine rings is 1. The fraction of sp³-hybridized carbons (Fsp3) is 0.227. The third kappa shape index (κ3) is 3.88. The predicted octanol–water partition coefficient (Wildman–Crippen LogP) is 0.899. The van der Waals surface area contributed by atoms with E-state index in [-0.39, 0.29) is 24.9 Å². The van der Waals surface area contributed by atoms with E-state index in [1.54, 1.807) is 60.3 Å². The van der Waals surface area contributed by atoms with Crippen molar-refractivity contribution in [3.63, 3.8) is 0 Å². The molecule has 2 aromatic carbocycles. The van der Waals surface area contributed by atoms with Crippen molar-refractivity contribution in [1.82, 2.24) is 4.57 Å². The van der Waals surface area contributed by atoms with Gasteiger partial charge in [0, 0.05) is 47.5 Å². The lowest BCUT2D eigenvalue weighted by molar-refractivity contribution is -0.150. The summed E-state index contributed by atoms with van der Waals surface area (Å²) in [6.07, 6.45) is -1.33. The quantitative estimate of drug-likeness (QED) is 0.295. The fourth-order valence-corrected chi connectivity index (χ4v) is 3.65. The maximum Gasteiger partial charge on any atom is 0.259 e. The lowest BCUT2D eigenvalue weighted by Crippen LogP contribution is -2.55. The molecular formula is C22H23N5O5. The minimum Gasteiger partial charge on any atom is -0.494 e. The van der Waals surface area contributed by atoms with Gasteiger partial charge in [0.25, 0.3) is 11.8 Å². The number of hydrogen-bond acceptors (Lipinski definition) is 6. The van der Waals surface area contributed by atoms with Gasteiger partial charge in [-0.2, -0.15) is 0 Å². The van der Waals surface area contributed by atoms with Crippen molar-refractivity contribution in [1.29, 1.82) is 5.41 Å². The van der Waals surface area contributed by atoms with Gasteiger partial charge < -0.3 is 35.5 Å². The Balaban J connectivity index is 1.50. The van der Waals surface area contributed by atoms with Gasteiger partial charge in [-0.3, -0.25) is 15.0 Å². The van der Waals surface area contributed by atoms with E-state index in [0.29, 0.717) is 22.3 Å². The number of ether oxygens (including phenoxy) is 1. The number of fused-ring (bicyclic) bond motifs is 1. The molecule has 6 N–H and O–H groups in total. The Kier molecular flexibility index (Phi) is 5.56. The molecule has 0 aliphatic carbocycles. The molecule has 1 aliphatic heterocycles. The number of hydrogen-bond donors (Lipinski definition) is 5. The van der Waals surface area contributed by atoms with E-state index in [4.69, 9.17) is 15.9 Å². The number of anilines is 2. The van der Waals surface area contributed by atoms with Crippen molar-refractivity contribution in [3.8, 4) is 5.88 Å². The van der Waals surface area contributed by atoms with Crippen LogP contribution >= 0.6 is 0 Å². The summed E-state index contributed by atoms with van der Waals surface area (Å²) < 4.78 is 7.01. The Morgan fingerprint density at radius 3 is 2.69 bits per heavy atom. The number of aromatic hydroxyl groups is 1. The van der Waals surface area contributed by atoms with Crippen molar-refractivity contribution in [3.05, 3.63) is 54.2 Å². The van der Waals surface area contributed by atoms with E-state index in [1.807, 2.05) is 0 Å². The summed E-state index contributed by atoms with van der Waals surface area (Å²) in [6, 6.07) is 11.4. The zero-order valence-electron chi connectivity index (χ0n) is 17.3. The van der Waals surface area contributed by atoms with Crippen LogP contribution in [0.1, 0.15) is 5.56 Å². The van der Waals surface area contributed by atoms with E-state index >= 15 is 0 Å². The second-order valence-corrected chi connectivity index (χ2v) is 7.54. The number of nitrogen functional groups attached to an aromatic ring is 1. The minimum atomic E-state index is -1.73. The molecule has 0 spiro atoms. The second kappa shape index (κ2) is 8.33. The first-order valence-corrected chi connectivity index (χ1v) is 9.90. The van der Waals surface area contributed by atoms with Gasteiger partial charge in [-0.1, -0.05) is 6.07 Å². The summed E-state index contributed by atoms with van der Waals surface area (Å²) >= 11 is 0. The number of aliphatic hydroxyl groups is 1. The molecule has 1 aromatic heterocycles. The lowest BCUT2D eigenvalue weighted by atomic mass is 10.1. The molecule has 1 aliphatic rings. The zero-order chi connectivity index (χ0) is 23.0. The van der Waals surface area contributed by atoms with Gasteiger partial charge >= 0.3 is 0 Å². The van der Waals surface area contributed by atoms with Crippen LogP contribution in [-0.2, 0) is 21.4 Å². The van der Waals surface area contributed by atoms with Crippen molar-refractivity contribution in [2.45, 2.75) is 12.2 Å². The lowest BCUT2D eigenvalue weighted by Gasteiger charge is -2.34. The fourth-order valence-electron chi connectivity index (χ4n) is 3.65. The van der Waals surface area contributed by atoms with E-state index in [0.717, 1.165) is 5.39 Å². The van der Waals surface area contributed by atoms with Crippen molar-refractivity contribution >= 4 is 39.8 Å². The number of carbonyl (C=O) groups is 2. The Labute approximate surface area is 183 Å². The number of aromatic nitrogens is 1. The molecule has 0 unspecified atom stereocenters. The third-order valence-electron chi connectivity index (χ3n) is 5.40. The van der Waals surface area contributed by atoms with Gasteiger partial charge in [0.2, 0.25) is 0 Å². The molecule has 0 bridgehead atoms. The van der Waals surface area contributed by atoms with Crippen LogP contribution in [0.5, 0.6) is 5.88 Å². The van der Waals surface area contributed by atoms with Crippen LogP contribution in [0, 0.1) is 5.41 Å². The molecule has 2 amide bonds. The summed E-state index contributed by atoms with van der Waals surface area (Å²) in [6.45, 7) is 0.377. The van der Waals surface area contributed by atoms with Crippen LogP contribution in [0.25, 0.3) is 10.8 Å². The standard InChI is InChI=1S/C22H23N5O5/c1-26-11-13-4-7-15(10-16(13)21(26)30)27-8-9-32-18(22(27)31)17(28)20(29)25-14-5-2-12(3-6-14)19(23)24/h2-7,10-11,17-18,28,30H,8-9H2,1H3,(H3,23,24)(H,25,29)/t17-,18-/m1/s1. The highest BCUT2D eigenvalue weighted by atomic mass is 16.5. The van der Waals surface area contributed by atoms with Crippen LogP contribution in [0.4, 0.5) is 11.4 Å². The van der Waals surface area contributed by atoms with Gasteiger partial charge in [-0.15, -0.1) is 0 Å². The number of nitrogens with two attached hydrogens (primary N) is 1. The molecule has 32 heavy (non-hydrogen) atoms. The van der Waals surface area contributed by atoms with Gasteiger partial charge in [0.1, 0.15) is 5.84 Å². The smallest absolute Gasteiger partial charge is 0.259 e. The first kappa shape index (κ1) is 21.3. The maximum absolute atomic E-state index is 13.0. The molecule has 0 saturated carbocycles. The summed E-state index contributed by atoms with van der Waals surface area (Å²) in [7, 11) is 1.72.